The van der Waals surface area contributed by atoms with Crippen molar-refractivity contribution in [1.82, 2.24) is 5.32 Å². The topological polar surface area (TPSA) is 32.3 Å². The zero-order valence-electron chi connectivity index (χ0n) is 9.79. The van der Waals surface area contributed by atoms with Gasteiger partial charge in [-0.3, -0.25) is 4.79 Å². The summed E-state index contributed by atoms with van der Waals surface area (Å²) in [6, 6.07) is 3.68. The van der Waals surface area contributed by atoms with Crippen LogP contribution in [0.2, 0.25) is 4.34 Å². The Hall–Kier alpha value is -0.580. The van der Waals surface area contributed by atoms with Crippen molar-refractivity contribution in [2.45, 2.75) is 13.3 Å². The Labute approximate surface area is 105 Å². The summed E-state index contributed by atoms with van der Waals surface area (Å²) >= 11 is 7.27. The monoisotopic (exact) mass is 260 g/mol. The van der Waals surface area contributed by atoms with E-state index in [1.54, 1.807) is 11.9 Å². The molecule has 1 aromatic rings. The second kappa shape index (κ2) is 6.23. The molecule has 0 aliphatic carbocycles. The third-order valence-electron chi connectivity index (χ3n) is 2.51. The Bertz CT molecular complexity index is 354. The number of amides is 1. The van der Waals surface area contributed by atoms with Crippen molar-refractivity contribution in [2.75, 3.05) is 25.5 Å². The maximum atomic E-state index is 12.1. The average molecular weight is 261 g/mol. The van der Waals surface area contributed by atoms with Gasteiger partial charge in [0.2, 0.25) is 5.91 Å². The molecule has 5 heteroatoms. The van der Waals surface area contributed by atoms with E-state index in [0.717, 1.165) is 11.4 Å². The number of nitrogens with zero attached hydrogens (tertiary/aromatic N) is 1. The van der Waals surface area contributed by atoms with Gasteiger partial charge in [-0.05, 0) is 25.6 Å². The predicted octanol–water partition coefficient (Wildman–Crippen LogP) is 2.61. The van der Waals surface area contributed by atoms with Crippen molar-refractivity contribution in [3.63, 3.8) is 0 Å². The van der Waals surface area contributed by atoms with E-state index in [4.69, 9.17) is 11.6 Å². The van der Waals surface area contributed by atoms with Crippen LogP contribution in [-0.2, 0) is 4.79 Å². The molecule has 1 amide bonds. The van der Waals surface area contributed by atoms with E-state index in [2.05, 4.69) is 5.32 Å². The fourth-order valence-electron chi connectivity index (χ4n) is 1.52. The molecule has 0 radical (unpaired) electrons. The van der Waals surface area contributed by atoms with Gasteiger partial charge in [-0.15, -0.1) is 11.3 Å². The van der Waals surface area contributed by atoms with E-state index < -0.39 is 0 Å². The number of hydrogen-bond donors (Lipinski definition) is 1. The minimum absolute atomic E-state index is 0.0240. The molecular weight excluding hydrogens is 244 g/mol. The van der Waals surface area contributed by atoms with Crippen LogP contribution in [0.5, 0.6) is 0 Å². The van der Waals surface area contributed by atoms with E-state index in [-0.39, 0.29) is 11.8 Å². The summed E-state index contributed by atoms with van der Waals surface area (Å²) in [5.74, 6) is 0.159. The molecule has 0 aromatic carbocycles. The van der Waals surface area contributed by atoms with Gasteiger partial charge in [-0.25, -0.2) is 0 Å². The predicted molar refractivity (Wildman–Crippen MR) is 70.4 cm³/mol. The highest BCUT2D eigenvalue weighted by atomic mass is 35.5. The number of anilines is 1. The minimum atomic E-state index is 0.0240. The van der Waals surface area contributed by atoms with Gasteiger partial charge in [0, 0.05) is 13.6 Å². The molecule has 0 saturated heterocycles. The molecule has 0 saturated carbocycles. The van der Waals surface area contributed by atoms with Gasteiger partial charge in [-0.1, -0.05) is 18.5 Å². The van der Waals surface area contributed by atoms with Gasteiger partial charge in [0.25, 0.3) is 0 Å². The minimum Gasteiger partial charge on any atom is -0.319 e. The largest absolute Gasteiger partial charge is 0.319 e. The molecule has 16 heavy (non-hydrogen) atoms. The van der Waals surface area contributed by atoms with Crippen LogP contribution in [0.3, 0.4) is 0 Å². The maximum Gasteiger partial charge on any atom is 0.231 e. The second-order valence-corrected chi connectivity index (χ2v) is 5.33. The van der Waals surface area contributed by atoms with Crippen LogP contribution in [0.15, 0.2) is 12.1 Å². The van der Waals surface area contributed by atoms with Crippen molar-refractivity contribution >= 4 is 33.8 Å². The van der Waals surface area contributed by atoms with E-state index in [1.807, 2.05) is 26.1 Å². The maximum absolute atomic E-state index is 12.1. The standard InChI is InChI=1S/C11H17ClN2OS/c1-4-8(7-13-2)11(15)14(3)10-6-5-9(12)16-10/h5-6,8,13H,4,7H2,1-3H3. The zero-order valence-corrected chi connectivity index (χ0v) is 11.4. The highest BCUT2D eigenvalue weighted by Gasteiger charge is 2.21. The van der Waals surface area contributed by atoms with Gasteiger partial charge < -0.3 is 10.2 Å². The summed E-state index contributed by atoms with van der Waals surface area (Å²) in [5.41, 5.74) is 0. The summed E-state index contributed by atoms with van der Waals surface area (Å²) < 4.78 is 0.705. The molecule has 1 heterocycles. The zero-order chi connectivity index (χ0) is 12.1. The van der Waals surface area contributed by atoms with Crippen LogP contribution in [-0.4, -0.2) is 26.5 Å². The smallest absolute Gasteiger partial charge is 0.231 e. The van der Waals surface area contributed by atoms with E-state index >= 15 is 0 Å². The van der Waals surface area contributed by atoms with Gasteiger partial charge in [0.05, 0.1) is 15.3 Å². The Morgan fingerprint density at radius 1 is 1.62 bits per heavy atom. The molecule has 1 rings (SSSR count). The molecule has 3 nitrogen and oxygen atoms in total. The summed E-state index contributed by atoms with van der Waals surface area (Å²) in [4.78, 5) is 13.8. The van der Waals surface area contributed by atoms with Crippen molar-refractivity contribution in [3.05, 3.63) is 16.5 Å². The van der Waals surface area contributed by atoms with Gasteiger partial charge in [0.15, 0.2) is 0 Å². The Morgan fingerprint density at radius 3 is 2.75 bits per heavy atom. The van der Waals surface area contributed by atoms with Crippen LogP contribution < -0.4 is 10.2 Å². The number of rotatable bonds is 5. The number of nitrogens with one attached hydrogen (secondary N) is 1. The third-order valence-corrected chi connectivity index (χ3v) is 3.82. The summed E-state index contributed by atoms with van der Waals surface area (Å²) in [5, 5.41) is 3.93. The Kier molecular flexibility index (Phi) is 5.25. The fraction of sp³-hybridized carbons (Fsp3) is 0.545. The van der Waals surface area contributed by atoms with Crippen LogP contribution in [0.1, 0.15) is 13.3 Å². The van der Waals surface area contributed by atoms with E-state index in [1.165, 1.54) is 11.3 Å². The molecular formula is C11H17ClN2OS. The van der Waals surface area contributed by atoms with Crippen LogP contribution in [0.4, 0.5) is 5.00 Å². The normalized spacial score (nSPS) is 12.5. The highest BCUT2D eigenvalue weighted by Crippen LogP contribution is 2.29. The number of carbonyl (C=O) groups is 1. The second-order valence-electron chi connectivity index (χ2n) is 3.64. The molecule has 0 aliphatic rings. The van der Waals surface area contributed by atoms with Crippen molar-refractivity contribution < 1.29 is 4.79 Å². The number of halogens is 1. The molecule has 90 valence electrons. The van der Waals surface area contributed by atoms with E-state index in [9.17, 15) is 4.79 Å². The molecule has 0 fully saturated rings. The van der Waals surface area contributed by atoms with Gasteiger partial charge >= 0.3 is 0 Å². The van der Waals surface area contributed by atoms with Gasteiger partial charge in [0.1, 0.15) is 0 Å². The SMILES string of the molecule is CCC(CNC)C(=O)N(C)c1ccc(Cl)s1. The third kappa shape index (κ3) is 3.20. The first kappa shape index (κ1) is 13.5. The first-order chi connectivity index (χ1) is 7.60. The van der Waals surface area contributed by atoms with Crippen LogP contribution in [0, 0.1) is 5.92 Å². The lowest BCUT2D eigenvalue weighted by atomic mass is 10.1. The fourth-order valence-corrected chi connectivity index (χ4v) is 2.52. The number of carbonyl (C=O) groups excluding carboxylic acids is 1. The molecule has 0 aliphatic heterocycles. The highest BCUT2D eigenvalue weighted by molar-refractivity contribution is 7.20. The molecule has 0 spiro atoms. The molecule has 1 aromatic heterocycles. The van der Waals surface area contributed by atoms with Crippen molar-refractivity contribution in [2.24, 2.45) is 5.92 Å². The Morgan fingerprint density at radius 2 is 2.31 bits per heavy atom. The lowest BCUT2D eigenvalue weighted by molar-refractivity contribution is -0.122. The number of hydrogen-bond acceptors (Lipinski definition) is 3. The van der Waals surface area contributed by atoms with Gasteiger partial charge in [-0.2, -0.15) is 0 Å². The van der Waals surface area contributed by atoms with Crippen molar-refractivity contribution in [3.8, 4) is 0 Å². The first-order valence-electron chi connectivity index (χ1n) is 5.27. The lowest BCUT2D eigenvalue weighted by Crippen LogP contribution is -2.36. The first-order valence-corrected chi connectivity index (χ1v) is 6.47. The van der Waals surface area contributed by atoms with Crippen molar-refractivity contribution in [1.29, 1.82) is 0 Å². The molecule has 0 bridgehead atoms. The van der Waals surface area contributed by atoms with Crippen LogP contribution >= 0.6 is 22.9 Å². The summed E-state index contributed by atoms with van der Waals surface area (Å²) in [7, 11) is 3.65. The summed E-state index contributed by atoms with van der Waals surface area (Å²) in [6.45, 7) is 2.73. The average Bonchev–Trinajstić information content (AvgIpc) is 2.70. The molecule has 1 atom stereocenters. The number of thiophene rings is 1. The summed E-state index contributed by atoms with van der Waals surface area (Å²) in [6.07, 6.45) is 0.836. The van der Waals surface area contributed by atoms with E-state index in [0.29, 0.717) is 10.9 Å². The van der Waals surface area contributed by atoms with Crippen LogP contribution in [0.25, 0.3) is 0 Å². The molecule has 1 unspecified atom stereocenters. The lowest BCUT2D eigenvalue weighted by Gasteiger charge is -2.21. The molecule has 1 N–H and O–H groups in total. The Balaban J connectivity index is 2.72. The quantitative estimate of drug-likeness (QED) is 0.883.